The fraction of sp³-hybridized carbons (Fsp3) is 0.500. The van der Waals surface area contributed by atoms with E-state index in [1.54, 1.807) is 6.92 Å². The van der Waals surface area contributed by atoms with Crippen LogP contribution >= 0.6 is 0 Å². The Hall–Kier alpha value is -1.31. The summed E-state index contributed by atoms with van der Waals surface area (Å²) in [6, 6.07) is 8.11. The molecule has 0 saturated heterocycles. The zero-order chi connectivity index (χ0) is 12.0. The van der Waals surface area contributed by atoms with E-state index in [4.69, 9.17) is 0 Å². The van der Waals surface area contributed by atoms with Gasteiger partial charge in [-0.1, -0.05) is 38.5 Å². The molecule has 1 unspecified atom stereocenters. The molecule has 16 heavy (non-hydrogen) atoms. The lowest BCUT2D eigenvalue weighted by Gasteiger charge is -2.18. The van der Waals surface area contributed by atoms with Crippen molar-refractivity contribution < 1.29 is 4.79 Å². The van der Waals surface area contributed by atoms with Crippen molar-refractivity contribution in [3.05, 3.63) is 29.8 Å². The highest BCUT2D eigenvalue weighted by Gasteiger charge is 2.12. The molecule has 1 aromatic rings. The Morgan fingerprint density at radius 1 is 1.31 bits per heavy atom. The van der Waals surface area contributed by atoms with Crippen molar-refractivity contribution in [1.29, 1.82) is 0 Å². The van der Waals surface area contributed by atoms with Gasteiger partial charge in [0, 0.05) is 12.6 Å². The van der Waals surface area contributed by atoms with Crippen molar-refractivity contribution in [3.8, 4) is 0 Å². The number of nitrogens with one attached hydrogen (secondary N) is 1. The van der Waals surface area contributed by atoms with Crippen molar-refractivity contribution in [2.24, 2.45) is 0 Å². The van der Waals surface area contributed by atoms with Crippen molar-refractivity contribution in [1.82, 2.24) is 0 Å². The number of para-hydroxylation sites is 1. The first-order valence-corrected chi connectivity index (χ1v) is 6.05. The van der Waals surface area contributed by atoms with Crippen LogP contribution in [0.1, 0.15) is 51.5 Å². The minimum atomic E-state index is -0.00111. The number of carbonyl (C=O) groups is 1. The first-order valence-electron chi connectivity index (χ1n) is 6.05. The van der Waals surface area contributed by atoms with Crippen LogP contribution in [0.25, 0.3) is 0 Å². The summed E-state index contributed by atoms with van der Waals surface area (Å²) in [5, 5.41) is 2.91. The van der Waals surface area contributed by atoms with E-state index in [1.165, 1.54) is 18.4 Å². The van der Waals surface area contributed by atoms with Gasteiger partial charge in [-0.25, -0.2) is 0 Å². The van der Waals surface area contributed by atoms with E-state index < -0.39 is 0 Å². The first-order chi connectivity index (χ1) is 7.69. The predicted molar refractivity (Wildman–Crippen MR) is 68.7 cm³/mol. The second-order valence-electron chi connectivity index (χ2n) is 4.16. The van der Waals surface area contributed by atoms with Crippen molar-refractivity contribution >= 4 is 11.6 Å². The topological polar surface area (TPSA) is 29.1 Å². The Bertz CT molecular complexity index is 346. The van der Waals surface area contributed by atoms with Crippen molar-refractivity contribution in [2.45, 2.75) is 46.0 Å². The van der Waals surface area contributed by atoms with Gasteiger partial charge in [0.25, 0.3) is 0 Å². The maximum atomic E-state index is 11.1. The molecule has 0 fully saturated rings. The molecule has 0 radical (unpaired) electrons. The van der Waals surface area contributed by atoms with Gasteiger partial charge in [0.1, 0.15) is 0 Å². The van der Waals surface area contributed by atoms with Gasteiger partial charge in [-0.3, -0.25) is 4.79 Å². The molecular formula is C14H21NO. The Labute approximate surface area is 98.1 Å². The molecule has 2 nitrogen and oxygen atoms in total. The normalized spacial score (nSPS) is 12.2. The molecule has 88 valence electrons. The number of hydrogen-bond acceptors (Lipinski definition) is 1. The van der Waals surface area contributed by atoms with Crippen LogP contribution in [0, 0.1) is 0 Å². The fourth-order valence-corrected chi connectivity index (χ4v) is 2.08. The molecule has 1 aromatic carbocycles. The number of benzene rings is 1. The van der Waals surface area contributed by atoms with E-state index in [0.717, 1.165) is 12.1 Å². The zero-order valence-corrected chi connectivity index (χ0v) is 10.4. The second-order valence-corrected chi connectivity index (χ2v) is 4.16. The van der Waals surface area contributed by atoms with Crippen LogP contribution in [0.2, 0.25) is 0 Å². The summed E-state index contributed by atoms with van der Waals surface area (Å²) < 4.78 is 0. The summed E-state index contributed by atoms with van der Waals surface area (Å²) in [5.74, 6) is 0.548. The van der Waals surface area contributed by atoms with Crippen molar-refractivity contribution in [2.75, 3.05) is 5.32 Å². The summed E-state index contributed by atoms with van der Waals surface area (Å²) in [4.78, 5) is 11.1. The van der Waals surface area contributed by atoms with E-state index in [1.807, 2.05) is 18.2 Å². The van der Waals surface area contributed by atoms with Crippen LogP contribution in [0.3, 0.4) is 0 Å². The Morgan fingerprint density at radius 2 is 2.00 bits per heavy atom. The van der Waals surface area contributed by atoms with Crippen LogP contribution in [0.15, 0.2) is 24.3 Å². The average Bonchev–Trinajstić information content (AvgIpc) is 2.26. The quantitative estimate of drug-likeness (QED) is 0.798. The molecule has 0 bridgehead atoms. The summed E-state index contributed by atoms with van der Waals surface area (Å²) in [6.07, 6.45) is 3.46. The lowest BCUT2D eigenvalue weighted by atomic mass is 9.91. The van der Waals surface area contributed by atoms with Gasteiger partial charge >= 0.3 is 0 Å². The van der Waals surface area contributed by atoms with E-state index >= 15 is 0 Å². The Kier molecular flexibility index (Phi) is 5.03. The van der Waals surface area contributed by atoms with E-state index in [0.29, 0.717) is 5.92 Å². The molecule has 0 heterocycles. The van der Waals surface area contributed by atoms with Gasteiger partial charge in [0.05, 0.1) is 0 Å². The smallest absolute Gasteiger partial charge is 0.221 e. The van der Waals surface area contributed by atoms with Crippen LogP contribution in [0.4, 0.5) is 5.69 Å². The molecule has 1 atom stereocenters. The highest BCUT2D eigenvalue weighted by Crippen LogP contribution is 2.30. The van der Waals surface area contributed by atoms with E-state index in [2.05, 4.69) is 25.2 Å². The average molecular weight is 219 g/mol. The summed E-state index contributed by atoms with van der Waals surface area (Å²) in [7, 11) is 0. The highest BCUT2D eigenvalue weighted by molar-refractivity contribution is 5.89. The molecular weight excluding hydrogens is 198 g/mol. The zero-order valence-electron chi connectivity index (χ0n) is 10.4. The summed E-state index contributed by atoms with van der Waals surface area (Å²) in [5.41, 5.74) is 2.23. The van der Waals surface area contributed by atoms with Gasteiger partial charge in [0.15, 0.2) is 0 Å². The van der Waals surface area contributed by atoms with Crippen LogP contribution < -0.4 is 5.32 Å². The number of hydrogen-bond donors (Lipinski definition) is 1. The van der Waals surface area contributed by atoms with Gasteiger partial charge in [-0.2, -0.15) is 0 Å². The third-order valence-electron chi connectivity index (χ3n) is 2.84. The molecule has 2 heteroatoms. The maximum absolute atomic E-state index is 11.1. The molecule has 1 amide bonds. The third-order valence-corrected chi connectivity index (χ3v) is 2.84. The Balaban J connectivity index is 2.95. The number of rotatable bonds is 5. The minimum absolute atomic E-state index is 0.00111. The predicted octanol–water partition coefficient (Wildman–Crippen LogP) is 3.94. The Morgan fingerprint density at radius 3 is 2.56 bits per heavy atom. The van der Waals surface area contributed by atoms with E-state index in [9.17, 15) is 4.79 Å². The second kappa shape index (κ2) is 6.31. The minimum Gasteiger partial charge on any atom is -0.326 e. The molecule has 0 spiro atoms. The molecule has 0 aliphatic carbocycles. The summed E-state index contributed by atoms with van der Waals surface area (Å²) in [6.45, 7) is 5.95. The van der Waals surface area contributed by atoms with Crippen molar-refractivity contribution in [3.63, 3.8) is 0 Å². The third kappa shape index (κ3) is 3.37. The molecule has 1 rings (SSSR count). The highest BCUT2D eigenvalue weighted by atomic mass is 16.1. The number of carbonyl (C=O) groups excluding carboxylic acids is 1. The van der Waals surface area contributed by atoms with Crippen LogP contribution in [-0.2, 0) is 4.79 Å². The maximum Gasteiger partial charge on any atom is 0.221 e. The number of anilines is 1. The van der Waals surface area contributed by atoms with Crippen LogP contribution in [0.5, 0.6) is 0 Å². The molecule has 0 aliphatic rings. The van der Waals surface area contributed by atoms with Gasteiger partial charge in [0.2, 0.25) is 5.91 Å². The lowest BCUT2D eigenvalue weighted by Crippen LogP contribution is -2.10. The lowest BCUT2D eigenvalue weighted by molar-refractivity contribution is -0.114. The van der Waals surface area contributed by atoms with Crippen LogP contribution in [-0.4, -0.2) is 5.91 Å². The molecule has 1 N–H and O–H groups in total. The fourth-order valence-electron chi connectivity index (χ4n) is 2.08. The first kappa shape index (κ1) is 12.8. The largest absolute Gasteiger partial charge is 0.326 e. The van der Waals surface area contributed by atoms with Gasteiger partial charge in [-0.15, -0.1) is 0 Å². The standard InChI is InChI=1S/C14H21NO/c1-4-8-12(5-2)13-9-6-7-10-14(13)15-11(3)16/h6-7,9-10,12H,4-5,8H2,1-3H3,(H,15,16). The molecule has 0 saturated carbocycles. The SMILES string of the molecule is CCCC(CC)c1ccccc1NC(C)=O. The monoisotopic (exact) mass is 219 g/mol. The molecule has 0 aliphatic heterocycles. The van der Waals surface area contributed by atoms with E-state index in [-0.39, 0.29) is 5.91 Å². The molecule has 0 aromatic heterocycles. The van der Waals surface area contributed by atoms with Gasteiger partial charge in [-0.05, 0) is 30.4 Å². The number of amides is 1. The summed E-state index contributed by atoms with van der Waals surface area (Å²) >= 11 is 0. The van der Waals surface area contributed by atoms with Gasteiger partial charge < -0.3 is 5.32 Å².